The lowest BCUT2D eigenvalue weighted by Gasteiger charge is -2.13. The van der Waals surface area contributed by atoms with Gasteiger partial charge in [-0.3, -0.25) is 4.79 Å². The smallest absolute Gasteiger partial charge is 0.469 e. The highest BCUT2D eigenvalue weighted by molar-refractivity contribution is 6.05. The predicted octanol–water partition coefficient (Wildman–Crippen LogP) is 3.74. The van der Waals surface area contributed by atoms with Crippen molar-refractivity contribution in [2.24, 2.45) is 0 Å². The van der Waals surface area contributed by atoms with Crippen LogP contribution in [-0.4, -0.2) is 12.3 Å². The van der Waals surface area contributed by atoms with Gasteiger partial charge in [0.25, 0.3) is 5.91 Å². The van der Waals surface area contributed by atoms with Gasteiger partial charge in [0.15, 0.2) is 5.75 Å². The minimum atomic E-state index is -4.83. The Hall–Kier alpha value is -2.44. The summed E-state index contributed by atoms with van der Waals surface area (Å²) < 4.78 is 45.5. The lowest BCUT2D eigenvalue weighted by atomic mass is 10.2. The van der Waals surface area contributed by atoms with Gasteiger partial charge in [0.2, 0.25) is 0 Å². The lowest BCUT2D eigenvalue weighted by Crippen LogP contribution is -2.19. The van der Waals surface area contributed by atoms with Gasteiger partial charge in [0.05, 0.1) is 17.5 Å². The molecular weight excluding hydrogens is 275 g/mol. The minimum absolute atomic E-state index is 0.0737. The first-order valence-electron chi connectivity index (χ1n) is 5.57. The molecule has 0 spiro atoms. The quantitative estimate of drug-likeness (QED) is 0.934. The van der Waals surface area contributed by atoms with Gasteiger partial charge in [0, 0.05) is 0 Å². The summed E-state index contributed by atoms with van der Waals surface area (Å²) in [5.41, 5.74) is 0.169. The Labute approximate surface area is 112 Å². The van der Waals surface area contributed by atoms with Crippen LogP contribution in [0.3, 0.4) is 0 Å². The number of furan rings is 1. The van der Waals surface area contributed by atoms with Gasteiger partial charge in [-0.2, -0.15) is 0 Å². The van der Waals surface area contributed by atoms with E-state index in [2.05, 4.69) is 10.1 Å². The average Bonchev–Trinajstić information content (AvgIpc) is 2.76. The molecule has 2 rings (SSSR count). The van der Waals surface area contributed by atoms with Gasteiger partial charge < -0.3 is 14.5 Å². The molecule has 1 aromatic carbocycles. The molecule has 0 aliphatic rings. The second kappa shape index (κ2) is 5.28. The summed E-state index contributed by atoms with van der Waals surface area (Å²) in [4.78, 5) is 11.9. The van der Waals surface area contributed by atoms with Crippen molar-refractivity contribution in [3.8, 4) is 5.75 Å². The average molecular weight is 285 g/mol. The molecule has 0 atom stereocenters. The number of nitrogens with one attached hydrogen (secondary N) is 1. The molecule has 0 bridgehead atoms. The van der Waals surface area contributed by atoms with Crippen molar-refractivity contribution in [3.05, 3.63) is 47.9 Å². The fraction of sp³-hybridized carbons (Fsp3) is 0.154. The highest BCUT2D eigenvalue weighted by Crippen LogP contribution is 2.30. The van der Waals surface area contributed by atoms with E-state index in [9.17, 15) is 18.0 Å². The van der Waals surface area contributed by atoms with Crippen LogP contribution in [0.15, 0.2) is 41.0 Å². The fourth-order valence-electron chi connectivity index (χ4n) is 1.59. The number of alkyl halides is 3. The first-order valence-corrected chi connectivity index (χ1v) is 5.57. The zero-order chi connectivity index (χ0) is 14.8. The summed E-state index contributed by atoms with van der Waals surface area (Å²) in [6.07, 6.45) is -3.51. The SMILES string of the molecule is Cc1occc1C(=O)Nc1ccccc1OC(F)(F)F. The molecule has 20 heavy (non-hydrogen) atoms. The molecule has 1 heterocycles. The van der Waals surface area contributed by atoms with E-state index in [0.717, 1.165) is 6.07 Å². The number of carbonyl (C=O) groups is 1. The molecule has 1 amide bonds. The van der Waals surface area contributed by atoms with Gasteiger partial charge in [0.1, 0.15) is 5.76 Å². The molecular formula is C13H10F3NO3. The second-order valence-corrected chi connectivity index (χ2v) is 3.89. The Kier molecular flexibility index (Phi) is 3.69. The third kappa shape index (κ3) is 3.31. The van der Waals surface area contributed by atoms with E-state index in [1.54, 1.807) is 6.92 Å². The van der Waals surface area contributed by atoms with Gasteiger partial charge in [-0.15, -0.1) is 13.2 Å². The maximum atomic E-state index is 12.2. The molecule has 0 aliphatic heterocycles. The fourth-order valence-corrected chi connectivity index (χ4v) is 1.59. The number of hydrogen-bond acceptors (Lipinski definition) is 3. The summed E-state index contributed by atoms with van der Waals surface area (Å²) in [7, 11) is 0. The van der Waals surface area contributed by atoms with Gasteiger partial charge in [-0.05, 0) is 25.1 Å². The van der Waals surface area contributed by atoms with E-state index in [1.807, 2.05) is 0 Å². The number of benzene rings is 1. The molecule has 0 saturated carbocycles. The van der Waals surface area contributed by atoms with Crippen molar-refractivity contribution in [1.82, 2.24) is 0 Å². The van der Waals surface area contributed by atoms with Crippen molar-refractivity contribution in [2.45, 2.75) is 13.3 Å². The molecule has 1 aromatic heterocycles. The number of carbonyl (C=O) groups excluding carboxylic acids is 1. The topological polar surface area (TPSA) is 51.5 Å². The molecule has 1 N–H and O–H groups in total. The van der Waals surface area contributed by atoms with Crippen LogP contribution in [-0.2, 0) is 0 Å². The zero-order valence-corrected chi connectivity index (χ0v) is 10.3. The molecule has 4 nitrogen and oxygen atoms in total. The number of anilines is 1. The number of halogens is 3. The van der Waals surface area contributed by atoms with E-state index < -0.39 is 18.0 Å². The molecule has 0 unspecified atom stereocenters. The number of para-hydroxylation sites is 2. The number of ether oxygens (including phenoxy) is 1. The Bertz CT molecular complexity index is 619. The lowest BCUT2D eigenvalue weighted by molar-refractivity contribution is -0.274. The first kappa shape index (κ1) is 14.0. The molecule has 106 valence electrons. The number of amides is 1. The number of aryl methyl sites for hydroxylation is 1. The van der Waals surface area contributed by atoms with Crippen LogP contribution < -0.4 is 10.1 Å². The van der Waals surface area contributed by atoms with Crippen LogP contribution >= 0.6 is 0 Å². The Morgan fingerprint density at radius 3 is 2.55 bits per heavy atom. The third-order valence-corrected chi connectivity index (χ3v) is 2.46. The maximum Gasteiger partial charge on any atom is 0.573 e. The summed E-state index contributed by atoms with van der Waals surface area (Å²) in [5.74, 6) is -0.680. The van der Waals surface area contributed by atoms with Crippen LogP contribution in [0.5, 0.6) is 5.75 Å². The summed E-state index contributed by atoms with van der Waals surface area (Å²) in [5, 5.41) is 2.35. The Morgan fingerprint density at radius 2 is 1.95 bits per heavy atom. The maximum absolute atomic E-state index is 12.2. The van der Waals surface area contributed by atoms with Crippen LogP contribution in [0.2, 0.25) is 0 Å². The highest BCUT2D eigenvalue weighted by Gasteiger charge is 2.32. The highest BCUT2D eigenvalue weighted by atomic mass is 19.4. The molecule has 0 fully saturated rings. The largest absolute Gasteiger partial charge is 0.573 e. The van der Waals surface area contributed by atoms with Crippen molar-refractivity contribution in [2.75, 3.05) is 5.32 Å². The number of hydrogen-bond donors (Lipinski definition) is 1. The second-order valence-electron chi connectivity index (χ2n) is 3.89. The van der Waals surface area contributed by atoms with Crippen molar-refractivity contribution in [3.63, 3.8) is 0 Å². The van der Waals surface area contributed by atoms with Gasteiger partial charge in [-0.25, -0.2) is 0 Å². The summed E-state index contributed by atoms with van der Waals surface area (Å²) in [6, 6.07) is 6.72. The molecule has 0 aliphatic carbocycles. The van der Waals surface area contributed by atoms with Crippen molar-refractivity contribution >= 4 is 11.6 Å². The van der Waals surface area contributed by atoms with Gasteiger partial charge in [-0.1, -0.05) is 12.1 Å². The van der Waals surface area contributed by atoms with Crippen LogP contribution in [0.25, 0.3) is 0 Å². The Balaban J connectivity index is 2.22. The predicted molar refractivity (Wildman–Crippen MR) is 64.5 cm³/mol. The van der Waals surface area contributed by atoms with Crippen molar-refractivity contribution in [1.29, 1.82) is 0 Å². The minimum Gasteiger partial charge on any atom is -0.469 e. The third-order valence-electron chi connectivity index (χ3n) is 2.46. The molecule has 0 saturated heterocycles. The molecule has 2 aromatic rings. The standard InChI is InChI=1S/C13H10F3NO3/c1-8-9(6-7-19-8)12(18)17-10-4-2-3-5-11(10)20-13(14,15)16/h2-7H,1H3,(H,17,18). The molecule has 7 heteroatoms. The van der Waals surface area contributed by atoms with Crippen LogP contribution in [0, 0.1) is 6.92 Å². The van der Waals surface area contributed by atoms with Crippen LogP contribution in [0.4, 0.5) is 18.9 Å². The first-order chi connectivity index (χ1) is 9.37. The zero-order valence-electron chi connectivity index (χ0n) is 10.3. The Morgan fingerprint density at radius 1 is 1.25 bits per heavy atom. The van der Waals surface area contributed by atoms with E-state index >= 15 is 0 Å². The van der Waals surface area contributed by atoms with E-state index in [4.69, 9.17) is 4.42 Å². The molecule has 0 radical (unpaired) electrons. The van der Waals surface area contributed by atoms with Gasteiger partial charge >= 0.3 is 6.36 Å². The van der Waals surface area contributed by atoms with Crippen LogP contribution in [0.1, 0.15) is 16.1 Å². The summed E-state index contributed by atoms with van der Waals surface area (Å²) >= 11 is 0. The number of rotatable bonds is 3. The van der Waals surface area contributed by atoms with Crippen molar-refractivity contribution < 1.29 is 27.1 Å². The van der Waals surface area contributed by atoms with E-state index in [-0.39, 0.29) is 11.3 Å². The normalized spacial score (nSPS) is 11.2. The summed E-state index contributed by atoms with van der Waals surface area (Å²) in [6.45, 7) is 1.58. The van der Waals surface area contributed by atoms with E-state index in [1.165, 1.54) is 30.5 Å². The monoisotopic (exact) mass is 285 g/mol. The van der Waals surface area contributed by atoms with E-state index in [0.29, 0.717) is 5.76 Å².